The molecule has 0 saturated carbocycles. The lowest BCUT2D eigenvalue weighted by Crippen LogP contribution is -2.32. The Morgan fingerprint density at radius 3 is 2.60 bits per heavy atom. The first-order valence-corrected chi connectivity index (χ1v) is 8.87. The van der Waals surface area contributed by atoms with E-state index in [1.807, 2.05) is 0 Å². The molecule has 0 aliphatic heterocycles. The second kappa shape index (κ2) is 8.02. The van der Waals surface area contributed by atoms with Crippen molar-refractivity contribution in [3.63, 3.8) is 0 Å². The van der Waals surface area contributed by atoms with E-state index in [9.17, 15) is 31.5 Å². The lowest BCUT2D eigenvalue weighted by Gasteiger charge is -2.18. The molecule has 0 radical (unpaired) electrons. The quantitative estimate of drug-likeness (QED) is 0.464. The molecule has 0 bridgehead atoms. The van der Waals surface area contributed by atoms with Gasteiger partial charge in [-0.1, -0.05) is 17.7 Å². The summed E-state index contributed by atoms with van der Waals surface area (Å²) in [7, 11) is 0. The standard InChI is InChI=1S/C19H13ClF5N3O2/c1-8(10-3-2-9(21)6-12(10)22)27-14(29)7-11-16(19(23,24)25)15-13(28-18(11)30)4-5-26-17(15)20/h2-6,8H,7H2,1H3,(H,27,29)(H,28,30)/t8-/m0/s1. The van der Waals surface area contributed by atoms with Crippen molar-refractivity contribution in [2.45, 2.75) is 25.6 Å². The summed E-state index contributed by atoms with van der Waals surface area (Å²) in [4.78, 5) is 30.5. The van der Waals surface area contributed by atoms with Gasteiger partial charge in [0, 0.05) is 28.8 Å². The molecule has 0 saturated heterocycles. The fraction of sp³-hybridized carbons (Fsp3) is 0.211. The molecule has 30 heavy (non-hydrogen) atoms. The molecule has 3 aromatic rings. The van der Waals surface area contributed by atoms with Gasteiger partial charge in [-0.25, -0.2) is 13.8 Å². The van der Waals surface area contributed by atoms with Gasteiger partial charge in [-0.2, -0.15) is 13.2 Å². The van der Waals surface area contributed by atoms with E-state index in [1.54, 1.807) is 0 Å². The van der Waals surface area contributed by atoms with E-state index in [0.717, 1.165) is 24.4 Å². The Morgan fingerprint density at radius 1 is 1.27 bits per heavy atom. The third-order valence-corrected chi connectivity index (χ3v) is 4.69. The molecule has 0 aliphatic carbocycles. The molecule has 2 N–H and O–H groups in total. The number of hydrogen-bond acceptors (Lipinski definition) is 3. The lowest BCUT2D eigenvalue weighted by molar-refractivity contribution is -0.137. The van der Waals surface area contributed by atoms with Crippen LogP contribution in [0.2, 0.25) is 5.15 Å². The first-order valence-electron chi connectivity index (χ1n) is 8.50. The molecule has 1 atom stereocenters. The minimum absolute atomic E-state index is 0.0690. The number of amides is 1. The Labute approximate surface area is 170 Å². The van der Waals surface area contributed by atoms with Crippen LogP contribution < -0.4 is 10.9 Å². The van der Waals surface area contributed by atoms with Crippen molar-refractivity contribution in [3.8, 4) is 0 Å². The Hall–Kier alpha value is -3.01. The maximum Gasteiger partial charge on any atom is 0.417 e. The van der Waals surface area contributed by atoms with E-state index in [4.69, 9.17) is 11.6 Å². The van der Waals surface area contributed by atoms with Crippen molar-refractivity contribution < 1.29 is 26.7 Å². The average molecular weight is 446 g/mol. The molecular formula is C19H13ClF5N3O2. The molecule has 3 rings (SSSR count). The Bertz CT molecular complexity index is 1190. The van der Waals surface area contributed by atoms with Gasteiger partial charge in [0.2, 0.25) is 5.91 Å². The van der Waals surface area contributed by atoms with Crippen LogP contribution in [0.1, 0.15) is 29.7 Å². The molecule has 5 nitrogen and oxygen atoms in total. The summed E-state index contributed by atoms with van der Waals surface area (Å²) in [6, 6.07) is 2.86. The van der Waals surface area contributed by atoms with Crippen LogP contribution in [0.25, 0.3) is 10.9 Å². The first kappa shape index (κ1) is 21.7. The van der Waals surface area contributed by atoms with Gasteiger partial charge in [-0.15, -0.1) is 0 Å². The minimum atomic E-state index is -5.00. The average Bonchev–Trinajstić information content (AvgIpc) is 2.61. The van der Waals surface area contributed by atoms with E-state index in [0.29, 0.717) is 6.07 Å². The number of alkyl halides is 3. The topological polar surface area (TPSA) is 74.8 Å². The number of fused-ring (bicyclic) bond motifs is 1. The zero-order valence-corrected chi connectivity index (χ0v) is 16.0. The molecule has 2 aromatic heterocycles. The van der Waals surface area contributed by atoms with Crippen LogP contribution in [0.4, 0.5) is 22.0 Å². The normalized spacial score (nSPS) is 12.8. The van der Waals surface area contributed by atoms with Crippen molar-refractivity contribution in [1.82, 2.24) is 15.3 Å². The van der Waals surface area contributed by atoms with Crippen molar-refractivity contribution in [2.75, 3.05) is 0 Å². The van der Waals surface area contributed by atoms with E-state index in [1.165, 1.54) is 6.92 Å². The number of nitrogens with zero attached hydrogens (tertiary/aromatic N) is 1. The van der Waals surface area contributed by atoms with Crippen LogP contribution in [0.15, 0.2) is 35.3 Å². The van der Waals surface area contributed by atoms with E-state index in [2.05, 4.69) is 15.3 Å². The SMILES string of the molecule is C[C@H](NC(=O)Cc1c(C(F)(F)F)c2c(Cl)nccc2[nH]c1=O)c1ccc(F)cc1F. The Kier molecular flexibility index (Phi) is 5.80. The number of hydrogen-bond donors (Lipinski definition) is 2. The fourth-order valence-corrected chi connectivity index (χ4v) is 3.36. The number of rotatable bonds is 4. The van der Waals surface area contributed by atoms with Crippen molar-refractivity contribution in [3.05, 3.63) is 74.3 Å². The molecule has 1 aromatic carbocycles. The van der Waals surface area contributed by atoms with Gasteiger partial charge in [0.15, 0.2) is 0 Å². The third-order valence-electron chi connectivity index (χ3n) is 4.41. The summed E-state index contributed by atoms with van der Waals surface area (Å²) in [5, 5.41) is 1.28. The molecular weight excluding hydrogens is 433 g/mol. The summed E-state index contributed by atoms with van der Waals surface area (Å²) in [6.07, 6.45) is -4.81. The molecule has 2 heterocycles. The summed E-state index contributed by atoms with van der Waals surface area (Å²) < 4.78 is 68.2. The molecule has 0 unspecified atom stereocenters. The number of nitrogens with one attached hydrogen (secondary N) is 2. The zero-order chi connectivity index (χ0) is 22.2. The molecule has 11 heteroatoms. The second-order valence-electron chi connectivity index (χ2n) is 6.46. The number of aromatic nitrogens is 2. The van der Waals surface area contributed by atoms with Gasteiger partial charge in [-0.05, 0) is 19.1 Å². The number of H-pyrrole nitrogens is 1. The highest BCUT2D eigenvalue weighted by Crippen LogP contribution is 2.38. The third kappa shape index (κ3) is 4.28. The number of aromatic amines is 1. The van der Waals surface area contributed by atoms with Gasteiger partial charge in [-0.3, -0.25) is 9.59 Å². The van der Waals surface area contributed by atoms with E-state index >= 15 is 0 Å². The Balaban J connectivity index is 1.99. The zero-order valence-electron chi connectivity index (χ0n) is 15.2. The fourth-order valence-electron chi connectivity index (χ4n) is 3.11. The minimum Gasteiger partial charge on any atom is -0.349 e. The summed E-state index contributed by atoms with van der Waals surface area (Å²) in [6.45, 7) is 1.37. The monoisotopic (exact) mass is 445 g/mol. The smallest absolute Gasteiger partial charge is 0.349 e. The number of pyridine rings is 2. The number of halogens is 6. The van der Waals surface area contributed by atoms with Crippen LogP contribution in [-0.4, -0.2) is 15.9 Å². The molecule has 158 valence electrons. The highest BCUT2D eigenvalue weighted by molar-refractivity contribution is 6.34. The van der Waals surface area contributed by atoms with Crippen LogP contribution >= 0.6 is 11.6 Å². The largest absolute Gasteiger partial charge is 0.417 e. The second-order valence-corrected chi connectivity index (χ2v) is 6.82. The first-order chi connectivity index (χ1) is 14.0. The number of carbonyl (C=O) groups excluding carboxylic acids is 1. The van der Waals surface area contributed by atoms with Crippen LogP contribution in [0.5, 0.6) is 0 Å². The molecule has 1 amide bonds. The highest BCUT2D eigenvalue weighted by Gasteiger charge is 2.38. The lowest BCUT2D eigenvalue weighted by atomic mass is 10.0. The van der Waals surface area contributed by atoms with Gasteiger partial charge in [0.05, 0.1) is 23.5 Å². The molecule has 0 aliphatic rings. The van der Waals surface area contributed by atoms with Crippen LogP contribution in [0, 0.1) is 11.6 Å². The maximum atomic E-state index is 13.9. The predicted octanol–water partition coefficient (Wildman–Crippen LogP) is 4.29. The van der Waals surface area contributed by atoms with Crippen molar-refractivity contribution in [1.29, 1.82) is 0 Å². The van der Waals surface area contributed by atoms with Gasteiger partial charge in [0.1, 0.15) is 16.8 Å². The van der Waals surface area contributed by atoms with Gasteiger partial charge >= 0.3 is 6.18 Å². The van der Waals surface area contributed by atoms with Crippen molar-refractivity contribution in [2.24, 2.45) is 0 Å². The Morgan fingerprint density at radius 2 is 1.97 bits per heavy atom. The number of benzene rings is 1. The van der Waals surface area contributed by atoms with E-state index in [-0.39, 0.29) is 11.1 Å². The van der Waals surface area contributed by atoms with Gasteiger partial charge in [0.25, 0.3) is 5.56 Å². The summed E-state index contributed by atoms with van der Waals surface area (Å²) in [5.41, 5.74) is -3.59. The summed E-state index contributed by atoms with van der Waals surface area (Å²) in [5.74, 6) is -2.72. The van der Waals surface area contributed by atoms with Crippen LogP contribution in [-0.2, 0) is 17.4 Å². The van der Waals surface area contributed by atoms with E-state index < -0.39 is 63.4 Å². The maximum absolute atomic E-state index is 13.9. The number of carbonyl (C=O) groups is 1. The van der Waals surface area contributed by atoms with Crippen LogP contribution in [0.3, 0.4) is 0 Å². The highest BCUT2D eigenvalue weighted by atomic mass is 35.5. The summed E-state index contributed by atoms with van der Waals surface area (Å²) >= 11 is 5.82. The molecule has 0 fully saturated rings. The van der Waals surface area contributed by atoms with Gasteiger partial charge < -0.3 is 10.3 Å². The predicted molar refractivity (Wildman–Crippen MR) is 99.0 cm³/mol. The molecule has 0 spiro atoms. The van der Waals surface area contributed by atoms with Crippen molar-refractivity contribution >= 4 is 28.4 Å².